The fourth-order valence-electron chi connectivity index (χ4n) is 15.4. The highest BCUT2D eigenvalue weighted by Gasteiger charge is 2.56. The summed E-state index contributed by atoms with van der Waals surface area (Å²) in [4.78, 5) is 135. The number of benzene rings is 2. The molecule has 29 nitrogen and oxygen atoms in total. The minimum absolute atomic E-state index is 0.00782. The van der Waals surface area contributed by atoms with Gasteiger partial charge in [0.1, 0.15) is 34.9 Å². The Bertz CT molecular complexity index is 4280. The number of carbonyl (C=O) groups is 9. The zero-order valence-electron chi connectivity index (χ0n) is 58.7. The van der Waals surface area contributed by atoms with Gasteiger partial charge >= 0.3 is 18.1 Å². The highest BCUT2D eigenvalue weighted by atomic mass is 32.2. The van der Waals surface area contributed by atoms with Gasteiger partial charge in [0.15, 0.2) is 10.8 Å². The lowest BCUT2D eigenvalue weighted by molar-refractivity contribution is -0.179. The average Bonchev–Trinajstić information content (AvgIpc) is 0.901. The summed E-state index contributed by atoms with van der Waals surface area (Å²) < 4.78 is 48.6. The lowest BCUT2D eigenvalue weighted by Gasteiger charge is -2.58. The van der Waals surface area contributed by atoms with Gasteiger partial charge in [-0.15, -0.1) is 0 Å². The third-order valence-electron chi connectivity index (χ3n) is 19.4. The van der Waals surface area contributed by atoms with Crippen molar-refractivity contribution in [1.29, 1.82) is 0 Å². The number of imide groups is 1. The van der Waals surface area contributed by atoms with Crippen molar-refractivity contribution in [2.24, 2.45) is 28.4 Å². The van der Waals surface area contributed by atoms with E-state index in [2.05, 4.69) is 57.3 Å². The van der Waals surface area contributed by atoms with E-state index in [1.54, 1.807) is 74.8 Å². The lowest BCUT2D eigenvalue weighted by atomic mass is 9.51. The second kappa shape index (κ2) is 32.7. The first kappa shape index (κ1) is 75.9. The fraction of sp³-hybridized carbons (Fsp3) is 0.486. The van der Waals surface area contributed by atoms with Crippen LogP contribution in [0.3, 0.4) is 0 Å². The first-order valence-electron chi connectivity index (χ1n) is 34.7. The van der Waals surface area contributed by atoms with Crippen LogP contribution >= 0.6 is 11.3 Å². The summed E-state index contributed by atoms with van der Waals surface area (Å²) in [6.45, 7) is 13.0. The summed E-state index contributed by atoms with van der Waals surface area (Å²) in [5.74, 6) is -4.31. The first-order valence-corrected chi connectivity index (χ1v) is 37.1. The molecule has 2 fully saturated rings. The molecule has 10 rings (SSSR count). The maximum Gasteiger partial charge on any atom is 0.410 e. The van der Waals surface area contributed by atoms with Gasteiger partial charge in [0.25, 0.3) is 27.8 Å². The first-order chi connectivity index (χ1) is 48.9. The van der Waals surface area contributed by atoms with Crippen LogP contribution in [0.5, 0.6) is 0 Å². The molecule has 4 aromatic heterocycles. The van der Waals surface area contributed by atoms with Crippen molar-refractivity contribution >= 4 is 102 Å². The van der Waals surface area contributed by atoms with Gasteiger partial charge in [0, 0.05) is 98.7 Å². The number of primary amides is 1. The number of ether oxygens (including phenoxy) is 2. The van der Waals surface area contributed by atoms with Crippen LogP contribution in [0.4, 0.5) is 26.2 Å². The molecule has 2 bridgehead atoms. The second-order valence-corrected chi connectivity index (χ2v) is 31.1. The van der Waals surface area contributed by atoms with Crippen molar-refractivity contribution in [3.63, 3.8) is 0 Å². The summed E-state index contributed by atoms with van der Waals surface area (Å²) in [5, 5.41) is 29.7. The molecule has 2 aliphatic carbocycles. The molecule has 31 heteroatoms. The Morgan fingerprint density at radius 1 is 0.864 bits per heavy atom. The normalized spacial score (nSPS) is 19.9. The molecule has 6 atom stereocenters. The number of hydrogen-bond donors (Lipinski definition) is 8. The molecular formula is C72H90N14O15S2. The Hall–Kier alpha value is -9.72. The predicted molar refractivity (Wildman–Crippen MR) is 384 cm³/mol. The van der Waals surface area contributed by atoms with E-state index < -0.39 is 81.3 Å². The third kappa shape index (κ3) is 19.7. The number of rotatable bonds is 32. The van der Waals surface area contributed by atoms with E-state index in [1.807, 2.05) is 34.7 Å². The number of thiazole rings is 1. The van der Waals surface area contributed by atoms with Crippen LogP contribution in [0, 0.1) is 29.6 Å². The van der Waals surface area contributed by atoms with Gasteiger partial charge in [-0.25, -0.2) is 29.3 Å². The molecule has 550 valence electrons. The van der Waals surface area contributed by atoms with Crippen LogP contribution in [0.2, 0.25) is 0 Å². The summed E-state index contributed by atoms with van der Waals surface area (Å²) in [5.41, 5.74) is 9.48. The van der Waals surface area contributed by atoms with Gasteiger partial charge < -0.3 is 51.4 Å². The molecule has 6 heterocycles. The van der Waals surface area contributed by atoms with Crippen molar-refractivity contribution in [2.45, 2.75) is 156 Å². The van der Waals surface area contributed by atoms with E-state index in [9.17, 15) is 61.2 Å². The number of anilines is 3. The molecule has 9 amide bonds. The molecule has 4 unspecified atom stereocenters. The molecular weight excluding hydrogens is 1370 g/mol. The van der Waals surface area contributed by atoms with Crippen molar-refractivity contribution in [1.82, 2.24) is 50.5 Å². The Balaban J connectivity index is 0.745. The maximum atomic E-state index is 13.9. The van der Waals surface area contributed by atoms with Crippen LogP contribution in [0.1, 0.15) is 148 Å². The number of carbonyl (C=O) groups excluding carboxylic acids is 8. The van der Waals surface area contributed by atoms with E-state index in [1.165, 1.54) is 28.4 Å². The van der Waals surface area contributed by atoms with E-state index in [0.717, 1.165) is 41.0 Å². The van der Waals surface area contributed by atoms with Crippen LogP contribution in [-0.2, 0) is 69.7 Å². The van der Waals surface area contributed by atoms with Gasteiger partial charge in [-0.05, 0) is 153 Å². The molecule has 0 spiro atoms. The van der Waals surface area contributed by atoms with Gasteiger partial charge in [-0.3, -0.25) is 48.2 Å². The standard InChI is InChI=1S/C72H90N14O15S2/c1-44(2)60(81-57(87)17-8-7-9-29-85-58(88)24-25-59(85)89)64(92)78-54(15-11-28-75-67(73)95)63(91)77-49-20-18-47(19-21-49)39-100-69(96)83(32-34-103(97,98)99)31-33-101-72-36-45(3)35-70(5,41-72)40-71(6,42-72)43-86-46(4)52(37-76-86)50-22-23-56(80-61(50)66(93)94)84-30-26-48-13-10-14-51(53(48)38-84)62(90)82-68-79-55-16-12-27-74-65(55)102-68/h10,12-14,16,18-25,27,37,44-45,54,60H,7-9,11,15,17,26,28-36,38-43H2,1-6H3,(H,77,91)(H,78,92)(H,81,87)(H,93,94)(H3,73,75,95)(H,79,82,90)(H,97,98,99)/t45?,54-,60-,70?,71?,72?/m0/s1. The van der Waals surface area contributed by atoms with Gasteiger partial charge in [-0.1, -0.05) is 76.6 Å². The van der Waals surface area contributed by atoms with Crippen molar-refractivity contribution in [2.75, 3.05) is 60.6 Å². The van der Waals surface area contributed by atoms with Gasteiger partial charge in [-0.2, -0.15) is 13.5 Å². The number of amides is 9. The molecule has 2 saturated carbocycles. The molecule has 2 aromatic carbocycles. The zero-order chi connectivity index (χ0) is 74.0. The summed E-state index contributed by atoms with van der Waals surface area (Å²) in [6, 6.07) is 16.2. The SMILES string of the molecule is Cc1c(-c2ccc(N3CCc4cccc(C(=O)Nc5nc6cccnc6s5)c4C3)nc2C(=O)O)cnn1CC1(C)CC2(C)CC(C)CC(OCCN(CCS(=O)(=O)O)C(=O)OCc3ccc(NC(=O)[C@H](CCCNC(N)=O)NC(=O)[C@@H](NC(=O)CCCCCN4C(=O)C=CC4=O)C(C)C)cc3)(C2)C1. The van der Waals surface area contributed by atoms with Crippen molar-refractivity contribution < 1.29 is 70.7 Å². The number of carboxylic acid groups (broad SMARTS) is 1. The zero-order valence-corrected chi connectivity index (χ0v) is 60.3. The van der Waals surface area contributed by atoms with E-state index >= 15 is 0 Å². The van der Waals surface area contributed by atoms with Crippen LogP contribution in [-0.4, -0.2) is 169 Å². The number of fused-ring (bicyclic) bond motifs is 4. The van der Waals surface area contributed by atoms with Crippen LogP contribution < -0.4 is 37.2 Å². The Morgan fingerprint density at radius 2 is 1.63 bits per heavy atom. The lowest BCUT2D eigenvalue weighted by Crippen LogP contribution is -2.55. The van der Waals surface area contributed by atoms with E-state index in [-0.39, 0.29) is 92.8 Å². The molecule has 0 saturated heterocycles. The minimum Gasteiger partial charge on any atom is -0.476 e. The fourth-order valence-corrected chi connectivity index (χ4v) is 16.6. The monoisotopic (exact) mass is 1450 g/mol. The molecule has 9 N–H and O–H groups in total. The summed E-state index contributed by atoms with van der Waals surface area (Å²) in [6.07, 6.45) is 11.2. The largest absolute Gasteiger partial charge is 0.476 e. The highest BCUT2D eigenvalue weighted by Crippen LogP contribution is 2.60. The number of urea groups is 1. The van der Waals surface area contributed by atoms with Crippen LogP contribution in [0.15, 0.2) is 91.3 Å². The van der Waals surface area contributed by atoms with Crippen LogP contribution in [0.25, 0.3) is 21.5 Å². The molecule has 2 aliphatic heterocycles. The highest BCUT2D eigenvalue weighted by molar-refractivity contribution is 7.85. The molecule has 4 aliphatic rings. The molecule has 0 radical (unpaired) electrons. The number of carboxylic acids is 1. The summed E-state index contributed by atoms with van der Waals surface area (Å²) >= 11 is 1.28. The Morgan fingerprint density at radius 3 is 2.35 bits per heavy atom. The Kier molecular flexibility index (Phi) is 24.1. The number of nitrogens with zero attached hydrogens (tertiary/aromatic N) is 8. The Labute approximate surface area is 601 Å². The number of aromatic carboxylic acids is 1. The second-order valence-electron chi connectivity index (χ2n) is 28.6. The van der Waals surface area contributed by atoms with Gasteiger partial charge in [0.2, 0.25) is 17.7 Å². The predicted octanol–water partition coefficient (Wildman–Crippen LogP) is 8.18. The van der Waals surface area contributed by atoms with Crippen molar-refractivity contribution in [3.05, 3.63) is 125 Å². The number of nitrogens with two attached hydrogens (primary N) is 1. The van der Waals surface area contributed by atoms with E-state index in [4.69, 9.17) is 25.3 Å². The van der Waals surface area contributed by atoms with E-state index in [0.29, 0.717) is 107 Å². The number of pyridine rings is 2. The minimum atomic E-state index is -4.52. The number of unbranched alkanes of at least 4 members (excludes halogenated alkanes) is 2. The maximum absolute atomic E-state index is 13.9. The summed E-state index contributed by atoms with van der Waals surface area (Å²) in [7, 11) is -4.52. The quantitative estimate of drug-likeness (QED) is 0.0112. The van der Waals surface area contributed by atoms with Crippen molar-refractivity contribution in [3.8, 4) is 11.1 Å². The molecule has 103 heavy (non-hydrogen) atoms. The topological polar surface area (TPSA) is 399 Å². The number of hydrogen-bond acceptors (Lipinski definition) is 19. The third-order valence-corrected chi connectivity index (χ3v) is 21.0. The average molecular weight is 1460 g/mol. The smallest absolute Gasteiger partial charge is 0.410 e. The molecule has 6 aromatic rings. The number of nitrogens with one attached hydrogen (secondary N) is 5. The van der Waals surface area contributed by atoms with Gasteiger partial charge in [0.05, 0.1) is 24.2 Å². The number of aromatic nitrogens is 5.